The Balaban J connectivity index is 1.66. The van der Waals surface area contributed by atoms with E-state index in [1.807, 2.05) is 32.1 Å². The Morgan fingerprint density at radius 2 is 2.07 bits per heavy atom. The molecule has 1 atom stereocenters. The third kappa shape index (κ3) is 5.63. The van der Waals surface area contributed by atoms with E-state index in [-0.39, 0.29) is 24.2 Å². The van der Waals surface area contributed by atoms with Gasteiger partial charge in [0.05, 0.1) is 5.69 Å². The molecular weight excluding hydrogens is 373 g/mol. The standard InChI is InChI=1S/C21H28FN5O2/c1-23-12-17-11-19(26(2)3)25-21(24-17)15-5-4-10-27(13-15)20(28)14-29-18-8-6-16(22)7-9-18/h6-9,11,15,23H,4-5,10,12-14H2,1-3H3/t15-/m1/s1. The summed E-state index contributed by atoms with van der Waals surface area (Å²) in [5.74, 6) is 1.79. The number of hydrogen-bond acceptors (Lipinski definition) is 6. The third-order valence-corrected chi connectivity index (χ3v) is 4.91. The van der Waals surface area contributed by atoms with Crippen LogP contribution in [0.5, 0.6) is 5.75 Å². The van der Waals surface area contributed by atoms with E-state index in [1.165, 1.54) is 24.3 Å². The van der Waals surface area contributed by atoms with Crippen molar-refractivity contribution < 1.29 is 13.9 Å². The van der Waals surface area contributed by atoms with Crippen LogP contribution in [0.25, 0.3) is 0 Å². The largest absolute Gasteiger partial charge is 0.484 e. The highest BCUT2D eigenvalue weighted by molar-refractivity contribution is 5.78. The molecule has 1 fully saturated rings. The lowest BCUT2D eigenvalue weighted by Gasteiger charge is -2.32. The average molecular weight is 401 g/mol. The van der Waals surface area contributed by atoms with Gasteiger partial charge in [0.25, 0.3) is 5.91 Å². The summed E-state index contributed by atoms with van der Waals surface area (Å²) in [6, 6.07) is 7.64. The van der Waals surface area contributed by atoms with Crippen molar-refractivity contribution in [2.75, 3.05) is 45.7 Å². The van der Waals surface area contributed by atoms with Crippen LogP contribution in [0.2, 0.25) is 0 Å². The molecule has 2 heterocycles. The van der Waals surface area contributed by atoms with Crippen LogP contribution in [0.15, 0.2) is 30.3 Å². The number of aromatic nitrogens is 2. The number of carbonyl (C=O) groups excluding carboxylic acids is 1. The molecule has 1 aliphatic rings. The summed E-state index contributed by atoms with van der Waals surface area (Å²) in [6.45, 7) is 1.86. The molecule has 1 amide bonds. The predicted molar refractivity (Wildman–Crippen MR) is 110 cm³/mol. The first kappa shape index (κ1) is 21.0. The van der Waals surface area contributed by atoms with E-state index in [4.69, 9.17) is 14.7 Å². The smallest absolute Gasteiger partial charge is 0.260 e. The Labute approximate surface area is 170 Å². The SMILES string of the molecule is CNCc1cc(N(C)C)nc([C@@H]2CCCN(C(=O)COc3ccc(F)cc3)C2)n1. The lowest BCUT2D eigenvalue weighted by molar-refractivity contribution is -0.134. The normalized spacial score (nSPS) is 16.6. The number of likely N-dealkylation sites (tertiary alicyclic amines) is 1. The van der Waals surface area contributed by atoms with Crippen molar-refractivity contribution in [1.82, 2.24) is 20.2 Å². The summed E-state index contributed by atoms with van der Waals surface area (Å²) in [5, 5.41) is 3.13. The van der Waals surface area contributed by atoms with Gasteiger partial charge in [0.2, 0.25) is 0 Å². The Morgan fingerprint density at radius 3 is 2.76 bits per heavy atom. The van der Waals surface area contributed by atoms with Crippen molar-refractivity contribution >= 4 is 11.7 Å². The molecule has 0 aliphatic carbocycles. The maximum absolute atomic E-state index is 13.0. The molecule has 1 aromatic carbocycles. The van der Waals surface area contributed by atoms with Gasteiger partial charge < -0.3 is 19.9 Å². The number of anilines is 1. The molecule has 1 saturated heterocycles. The average Bonchev–Trinajstić information content (AvgIpc) is 2.73. The molecule has 7 nitrogen and oxygen atoms in total. The first-order chi connectivity index (χ1) is 14.0. The third-order valence-electron chi connectivity index (χ3n) is 4.91. The van der Waals surface area contributed by atoms with Crippen molar-refractivity contribution in [2.45, 2.75) is 25.3 Å². The number of benzene rings is 1. The van der Waals surface area contributed by atoms with Gasteiger partial charge in [-0.3, -0.25) is 4.79 Å². The van der Waals surface area contributed by atoms with Gasteiger partial charge in [-0.25, -0.2) is 14.4 Å². The van der Waals surface area contributed by atoms with Crippen molar-refractivity contribution in [3.63, 3.8) is 0 Å². The molecule has 0 bridgehead atoms. The first-order valence-corrected chi connectivity index (χ1v) is 9.82. The maximum atomic E-state index is 13.0. The van der Waals surface area contributed by atoms with Crippen LogP contribution in [-0.2, 0) is 11.3 Å². The van der Waals surface area contributed by atoms with Crippen molar-refractivity contribution in [3.8, 4) is 5.75 Å². The van der Waals surface area contributed by atoms with Gasteiger partial charge in [-0.2, -0.15) is 0 Å². The minimum atomic E-state index is -0.333. The molecule has 0 radical (unpaired) electrons. The van der Waals surface area contributed by atoms with Gasteiger partial charge in [0.1, 0.15) is 23.2 Å². The lowest BCUT2D eigenvalue weighted by Crippen LogP contribution is -2.42. The van der Waals surface area contributed by atoms with Crippen LogP contribution in [0.4, 0.5) is 10.2 Å². The van der Waals surface area contributed by atoms with Crippen LogP contribution >= 0.6 is 0 Å². The fourth-order valence-electron chi connectivity index (χ4n) is 3.37. The lowest BCUT2D eigenvalue weighted by atomic mass is 9.97. The number of nitrogens with zero attached hydrogens (tertiary/aromatic N) is 4. The zero-order valence-electron chi connectivity index (χ0n) is 17.2. The predicted octanol–water partition coefficient (Wildman–Crippen LogP) is 2.19. The summed E-state index contributed by atoms with van der Waals surface area (Å²) in [4.78, 5) is 25.8. The fourth-order valence-corrected chi connectivity index (χ4v) is 3.37. The van der Waals surface area contributed by atoms with E-state index in [2.05, 4.69) is 5.32 Å². The molecule has 156 valence electrons. The summed E-state index contributed by atoms with van der Waals surface area (Å²) in [7, 11) is 5.80. The van der Waals surface area contributed by atoms with E-state index in [1.54, 1.807) is 4.90 Å². The number of hydrogen-bond donors (Lipinski definition) is 1. The van der Waals surface area contributed by atoms with Crippen LogP contribution < -0.4 is 15.0 Å². The molecule has 8 heteroatoms. The molecule has 3 rings (SSSR count). The Hall–Kier alpha value is -2.74. The number of piperidine rings is 1. The quantitative estimate of drug-likeness (QED) is 0.767. The van der Waals surface area contributed by atoms with Crippen molar-refractivity contribution in [3.05, 3.63) is 47.7 Å². The molecule has 1 aliphatic heterocycles. The monoisotopic (exact) mass is 401 g/mol. The Kier molecular flexibility index (Phi) is 6.98. The van der Waals surface area contributed by atoms with Crippen LogP contribution in [-0.4, -0.2) is 61.6 Å². The molecular formula is C21H28FN5O2. The van der Waals surface area contributed by atoms with Gasteiger partial charge in [-0.05, 0) is 44.2 Å². The number of nitrogens with one attached hydrogen (secondary N) is 1. The molecule has 0 saturated carbocycles. The van der Waals surface area contributed by atoms with E-state index in [9.17, 15) is 9.18 Å². The van der Waals surface area contributed by atoms with Gasteiger partial charge in [0.15, 0.2) is 6.61 Å². The molecule has 0 spiro atoms. The summed E-state index contributed by atoms with van der Waals surface area (Å²) >= 11 is 0. The molecule has 1 aromatic heterocycles. The molecule has 1 N–H and O–H groups in total. The van der Waals surface area contributed by atoms with E-state index >= 15 is 0 Å². The summed E-state index contributed by atoms with van der Waals surface area (Å²) in [6.07, 6.45) is 1.84. The minimum absolute atomic E-state index is 0.0675. The fraction of sp³-hybridized carbons (Fsp3) is 0.476. The van der Waals surface area contributed by atoms with Crippen molar-refractivity contribution in [2.24, 2.45) is 0 Å². The molecule has 29 heavy (non-hydrogen) atoms. The van der Waals surface area contributed by atoms with Crippen molar-refractivity contribution in [1.29, 1.82) is 0 Å². The van der Waals surface area contributed by atoms with Gasteiger partial charge in [-0.15, -0.1) is 0 Å². The van der Waals surface area contributed by atoms with Gasteiger partial charge in [-0.1, -0.05) is 0 Å². The first-order valence-electron chi connectivity index (χ1n) is 9.82. The van der Waals surface area contributed by atoms with Crippen LogP contribution in [0.3, 0.4) is 0 Å². The number of ether oxygens (including phenoxy) is 1. The van der Waals surface area contributed by atoms with E-state index < -0.39 is 0 Å². The van der Waals surface area contributed by atoms with E-state index in [0.717, 1.165) is 30.2 Å². The number of rotatable bonds is 7. The second-order valence-corrected chi connectivity index (χ2v) is 7.42. The van der Waals surface area contributed by atoms with Crippen LogP contribution in [0, 0.1) is 5.82 Å². The zero-order chi connectivity index (χ0) is 20.8. The summed E-state index contributed by atoms with van der Waals surface area (Å²) < 4.78 is 18.5. The highest BCUT2D eigenvalue weighted by atomic mass is 19.1. The molecule has 0 unspecified atom stereocenters. The second-order valence-electron chi connectivity index (χ2n) is 7.42. The zero-order valence-corrected chi connectivity index (χ0v) is 17.2. The second kappa shape index (κ2) is 9.65. The highest BCUT2D eigenvalue weighted by Crippen LogP contribution is 2.26. The number of amides is 1. The Morgan fingerprint density at radius 1 is 1.31 bits per heavy atom. The summed E-state index contributed by atoms with van der Waals surface area (Å²) in [5.41, 5.74) is 0.935. The van der Waals surface area contributed by atoms with Crippen LogP contribution in [0.1, 0.15) is 30.3 Å². The maximum Gasteiger partial charge on any atom is 0.260 e. The van der Waals surface area contributed by atoms with E-state index in [0.29, 0.717) is 25.4 Å². The number of carbonyl (C=O) groups is 1. The van der Waals surface area contributed by atoms with Gasteiger partial charge >= 0.3 is 0 Å². The highest BCUT2D eigenvalue weighted by Gasteiger charge is 2.27. The van der Waals surface area contributed by atoms with Gasteiger partial charge in [0, 0.05) is 45.7 Å². The Bertz CT molecular complexity index is 828. The minimum Gasteiger partial charge on any atom is -0.484 e. The topological polar surface area (TPSA) is 70.6 Å². The molecule has 2 aromatic rings. The number of halogens is 1.